The number of aryl methyl sites for hydroxylation is 1. The van der Waals surface area contributed by atoms with Gasteiger partial charge in [-0.2, -0.15) is 4.72 Å². The number of hydrogen-bond acceptors (Lipinski definition) is 8. The van der Waals surface area contributed by atoms with Crippen molar-refractivity contribution in [2.45, 2.75) is 75.1 Å². The lowest BCUT2D eigenvalue weighted by molar-refractivity contribution is -0.135. The smallest absolute Gasteiger partial charge is 0.243 e. The third-order valence-corrected chi connectivity index (χ3v) is 11.7. The van der Waals surface area contributed by atoms with Gasteiger partial charge in [-0.05, 0) is 77.5 Å². The lowest BCUT2D eigenvalue weighted by atomic mass is 10.1. The largest absolute Gasteiger partial charge is 0.487 e. The fraction of sp³-hybridized carbons (Fsp3) is 0.529. The van der Waals surface area contributed by atoms with Gasteiger partial charge in [0.25, 0.3) is 0 Å². The lowest BCUT2D eigenvalue weighted by Gasteiger charge is -2.46. The molecule has 10 nitrogen and oxygen atoms in total. The molecule has 3 N–H and O–H groups in total. The number of unbranched alkanes of at least 4 members (excludes halogenated alkanes) is 1. The highest BCUT2D eigenvalue weighted by Gasteiger charge is 2.45. The third kappa shape index (κ3) is 8.39. The van der Waals surface area contributed by atoms with Crippen LogP contribution in [0.3, 0.4) is 0 Å². The van der Waals surface area contributed by atoms with Crippen molar-refractivity contribution in [2.24, 2.45) is 5.73 Å². The van der Waals surface area contributed by atoms with E-state index < -0.39 is 21.7 Å². The van der Waals surface area contributed by atoms with Gasteiger partial charge in [-0.25, -0.2) is 13.4 Å². The second-order valence-corrected chi connectivity index (χ2v) is 15.4. The first-order valence-electron chi connectivity index (χ1n) is 16.3. The van der Waals surface area contributed by atoms with E-state index in [-0.39, 0.29) is 22.4 Å². The summed E-state index contributed by atoms with van der Waals surface area (Å²) in [5.41, 5.74) is 7.44. The highest BCUT2D eigenvalue weighted by Crippen LogP contribution is 2.38. The van der Waals surface area contributed by atoms with Crippen molar-refractivity contribution < 1.29 is 17.9 Å². The van der Waals surface area contributed by atoms with Crippen LogP contribution in [0.1, 0.15) is 56.2 Å². The molecule has 0 spiro atoms. The molecule has 2 aromatic carbocycles. The highest BCUT2D eigenvalue weighted by molar-refractivity contribution is 7.89. The number of pyridine rings is 1. The quantitative estimate of drug-likeness (QED) is 0.234. The number of sulfonamides is 1. The van der Waals surface area contributed by atoms with Crippen LogP contribution in [0, 0.1) is 6.92 Å². The van der Waals surface area contributed by atoms with Gasteiger partial charge in [0, 0.05) is 47.8 Å². The van der Waals surface area contributed by atoms with Gasteiger partial charge >= 0.3 is 0 Å². The Morgan fingerprint density at radius 1 is 1.06 bits per heavy atom. The molecule has 256 valence electrons. The minimum atomic E-state index is -4.06. The van der Waals surface area contributed by atoms with Crippen LogP contribution in [0.2, 0.25) is 10.0 Å². The number of amides is 1. The Labute approximate surface area is 288 Å². The average Bonchev–Trinajstić information content (AvgIpc) is 3.51. The standard InChI is InChI=1S/C34H46Cl2N6O4S/c1-24-12-13-25-9-8-11-29(32(25)38-24)46-23-26-27(35)14-15-30(31(26)36)47(44,45)39-34(16-5-6-17-34)42-21-19-41(20-22-42)33(43)28(37)10-4-7-18-40(2)3/h8-9,11-15,28,39H,4-7,10,16-23,37H2,1-3H3. The van der Waals surface area contributed by atoms with Crippen molar-refractivity contribution in [3.8, 4) is 5.75 Å². The van der Waals surface area contributed by atoms with E-state index in [1.165, 1.54) is 6.07 Å². The normalized spacial score (nSPS) is 17.8. The first kappa shape index (κ1) is 35.8. The third-order valence-electron chi connectivity index (χ3n) is 9.27. The molecule has 1 amide bonds. The Kier molecular flexibility index (Phi) is 11.7. The Bertz CT molecular complexity index is 1670. The molecule has 47 heavy (non-hydrogen) atoms. The van der Waals surface area contributed by atoms with Crippen molar-refractivity contribution in [3.63, 3.8) is 0 Å². The van der Waals surface area contributed by atoms with Crippen LogP contribution in [0.4, 0.5) is 0 Å². The number of ether oxygens (including phenoxy) is 1. The number of carbonyl (C=O) groups excluding carboxylic acids is 1. The maximum Gasteiger partial charge on any atom is 0.243 e. The summed E-state index contributed by atoms with van der Waals surface area (Å²) in [6, 6.07) is 12.0. The molecule has 2 fully saturated rings. The van der Waals surface area contributed by atoms with E-state index in [0.717, 1.165) is 43.3 Å². The second-order valence-electron chi connectivity index (χ2n) is 13.0. The predicted molar refractivity (Wildman–Crippen MR) is 187 cm³/mol. The Balaban J connectivity index is 1.27. The monoisotopic (exact) mass is 704 g/mol. The van der Waals surface area contributed by atoms with Crippen LogP contribution in [0.5, 0.6) is 5.75 Å². The van der Waals surface area contributed by atoms with Gasteiger partial charge in [0.15, 0.2) is 0 Å². The summed E-state index contributed by atoms with van der Waals surface area (Å²) < 4.78 is 37.2. The molecule has 1 aliphatic heterocycles. The molecular formula is C34H46Cl2N6O4S. The molecular weight excluding hydrogens is 659 g/mol. The SMILES string of the molecule is Cc1ccc2cccc(OCc3c(Cl)ccc(S(=O)(=O)NC4(N5CCN(C(=O)C(N)CCCCN(C)C)CC5)CCCC4)c3Cl)c2n1. The summed E-state index contributed by atoms with van der Waals surface area (Å²) >= 11 is 13.3. The molecule has 1 aliphatic carbocycles. The first-order chi connectivity index (χ1) is 22.4. The number of nitrogens with zero attached hydrogens (tertiary/aromatic N) is 4. The summed E-state index contributed by atoms with van der Waals surface area (Å²) in [6.45, 7) is 4.94. The second kappa shape index (κ2) is 15.4. The molecule has 5 rings (SSSR count). The number of carbonyl (C=O) groups is 1. The van der Waals surface area contributed by atoms with E-state index >= 15 is 0 Å². The van der Waals surface area contributed by atoms with Crippen LogP contribution >= 0.6 is 23.2 Å². The number of rotatable bonds is 13. The predicted octanol–water partition coefficient (Wildman–Crippen LogP) is 5.18. The Hall–Kier alpha value is -2.51. The molecule has 1 unspecified atom stereocenters. The first-order valence-corrected chi connectivity index (χ1v) is 18.6. The van der Waals surface area contributed by atoms with Crippen molar-refractivity contribution in [2.75, 3.05) is 46.8 Å². The van der Waals surface area contributed by atoms with Crippen LogP contribution in [-0.2, 0) is 21.4 Å². The molecule has 1 saturated heterocycles. The number of hydrogen-bond donors (Lipinski definition) is 2. The van der Waals surface area contributed by atoms with E-state index in [9.17, 15) is 13.2 Å². The minimum Gasteiger partial charge on any atom is -0.487 e. The van der Waals surface area contributed by atoms with Gasteiger partial charge in [-0.1, -0.05) is 60.7 Å². The lowest BCUT2D eigenvalue weighted by Crippen LogP contribution is -2.64. The molecule has 0 bridgehead atoms. The summed E-state index contributed by atoms with van der Waals surface area (Å²) in [4.78, 5) is 23.8. The fourth-order valence-corrected chi connectivity index (χ4v) is 8.99. The van der Waals surface area contributed by atoms with E-state index in [0.29, 0.717) is 67.3 Å². The molecule has 1 saturated carbocycles. The number of fused-ring (bicyclic) bond motifs is 1. The van der Waals surface area contributed by atoms with Gasteiger partial charge < -0.3 is 20.3 Å². The van der Waals surface area contributed by atoms with Gasteiger partial charge in [-0.3, -0.25) is 9.69 Å². The highest BCUT2D eigenvalue weighted by atomic mass is 35.5. The Morgan fingerprint density at radius 3 is 2.49 bits per heavy atom. The van der Waals surface area contributed by atoms with E-state index in [1.54, 1.807) is 6.07 Å². The number of piperazine rings is 1. The van der Waals surface area contributed by atoms with Crippen molar-refractivity contribution in [1.29, 1.82) is 0 Å². The van der Waals surface area contributed by atoms with E-state index in [4.69, 9.17) is 33.7 Å². The van der Waals surface area contributed by atoms with Gasteiger partial charge in [0.05, 0.1) is 16.7 Å². The fourth-order valence-electron chi connectivity index (χ4n) is 6.65. The van der Waals surface area contributed by atoms with Gasteiger partial charge in [0.2, 0.25) is 15.9 Å². The zero-order valence-corrected chi connectivity index (χ0v) is 29.8. The van der Waals surface area contributed by atoms with Crippen LogP contribution in [0.15, 0.2) is 47.4 Å². The van der Waals surface area contributed by atoms with Crippen LogP contribution in [0.25, 0.3) is 10.9 Å². The zero-order chi connectivity index (χ0) is 33.8. The summed E-state index contributed by atoms with van der Waals surface area (Å²) in [7, 11) is 0.00488. The topological polar surface area (TPSA) is 121 Å². The van der Waals surface area contributed by atoms with Gasteiger partial charge in [-0.15, -0.1) is 0 Å². The summed E-state index contributed by atoms with van der Waals surface area (Å²) in [6.07, 6.45) is 5.68. The number of nitrogens with two attached hydrogens (primary N) is 1. The van der Waals surface area contributed by atoms with E-state index in [2.05, 4.69) is 19.5 Å². The average molecular weight is 706 g/mol. The van der Waals surface area contributed by atoms with E-state index in [1.807, 2.05) is 56.3 Å². The molecule has 13 heteroatoms. The maximum atomic E-state index is 14.0. The molecule has 1 aromatic heterocycles. The molecule has 2 aliphatic rings. The summed E-state index contributed by atoms with van der Waals surface area (Å²) in [5, 5.41) is 1.26. The molecule has 0 radical (unpaired) electrons. The van der Waals surface area contributed by atoms with Crippen molar-refractivity contribution >= 4 is 50.0 Å². The Morgan fingerprint density at radius 2 is 1.79 bits per heavy atom. The van der Waals surface area contributed by atoms with Gasteiger partial charge in [0.1, 0.15) is 22.8 Å². The number of para-hydroxylation sites is 1. The molecule has 1 atom stereocenters. The minimum absolute atomic E-state index is 0.0255. The van der Waals surface area contributed by atoms with Crippen molar-refractivity contribution in [1.82, 2.24) is 24.4 Å². The maximum absolute atomic E-state index is 14.0. The number of aromatic nitrogens is 1. The molecule has 3 aromatic rings. The van der Waals surface area contributed by atoms with Crippen LogP contribution in [-0.4, -0.2) is 92.5 Å². The molecule has 2 heterocycles. The van der Waals surface area contributed by atoms with Crippen molar-refractivity contribution in [3.05, 3.63) is 63.8 Å². The number of nitrogens with one attached hydrogen (secondary N) is 1. The number of benzene rings is 2. The van der Waals surface area contributed by atoms with Crippen LogP contribution < -0.4 is 15.2 Å². The number of halogens is 2. The zero-order valence-electron chi connectivity index (χ0n) is 27.5. The summed E-state index contributed by atoms with van der Waals surface area (Å²) in [5.74, 6) is 0.519.